The lowest BCUT2D eigenvalue weighted by Crippen LogP contribution is -2.39. The summed E-state index contributed by atoms with van der Waals surface area (Å²) in [7, 11) is 0. The van der Waals surface area contributed by atoms with E-state index in [9.17, 15) is 4.79 Å². The van der Waals surface area contributed by atoms with E-state index in [0.29, 0.717) is 11.8 Å². The van der Waals surface area contributed by atoms with Crippen molar-refractivity contribution in [2.24, 2.45) is 11.7 Å². The molecule has 98 valence electrons. The van der Waals surface area contributed by atoms with Crippen LogP contribution in [0.1, 0.15) is 32.1 Å². The molecule has 4 nitrogen and oxygen atoms in total. The molecule has 1 saturated heterocycles. The van der Waals surface area contributed by atoms with Gasteiger partial charge in [-0.3, -0.25) is 4.79 Å². The van der Waals surface area contributed by atoms with Crippen LogP contribution in [0.15, 0.2) is 0 Å². The predicted molar refractivity (Wildman–Crippen MR) is 68.6 cm³/mol. The molecule has 1 amide bonds. The van der Waals surface area contributed by atoms with Crippen molar-refractivity contribution in [2.75, 3.05) is 39.3 Å². The lowest BCUT2D eigenvalue weighted by molar-refractivity contribution is -0.135. The average molecular weight is 239 g/mol. The van der Waals surface area contributed by atoms with E-state index < -0.39 is 0 Å². The Morgan fingerprint density at radius 1 is 1.06 bits per heavy atom. The SMILES string of the molecule is NCCN1CCCN(C(=O)C2CCCC2)CC1. The van der Waals surface area contributed by atoms with Gasteiger partial charge in [0.1, 0.15) is 0 Å². The van der Waals surface area contributed by atoms with Gasteiger partial charge >= 0.3 is 0 Å². The highest BCUT2D eigenvalue weighted by Gasteiger charge is 2.28. The molecule has 0 aromatic heterocycles. The minimum absolute atomic E-state index is 0.330. The Bertz CT molecular complexity index is 251. The first-order valence-electron chi connectivity index (χ1n) is 7.02. The van der Waals surface area contributed by atoms with Gasteiger partial charge in [-0.25, -0.2) is 0 Å². The lowest BCUT2D eigenvalue weighted by Gasteiger charge is -2.24. The van der Waals surface area contributed by atoms with Crippen LogP contribution in [-0.2, 0) is 4.79 Å². The molecule has 17 heavy (non-hydrogen) atoms. The Labute approximate surface area is 104 Å². The highest BCUT2D eigenvalue weighted by molar-refractivity contribution is 5.79. The van der Waals surface area contributed by atoms with E-state index in [2.05, 4.69) is 9.80 Å². The molecule has 0 aromatic carbocycles. The summed E-state index contributed by atoms with van der Waals surface area (Å²) in [4.78, 5) is 16.8. The number of carbonyl (C=O) groups excluding carboxylic acids is 1. The summed E-state index contributed by atoms with van der Waals surface area (Å²) in [5, 5.41) is 0. The van der Waals surface area contributed by atoms with E-state index in [0.717, 1.165) is 58.5 Å². The summed E-state index contributed by atoms with van der Waals surface area (Å²) in [6.07, 6.45) is 5.80. The third kappa shape index (κ3) is 3.42. The van der Waals surface area contributed by atoms with Crippen molar-refractivity contribution in [3.63, 3.8) is 0 Å². The topological polar surface area (TPSA) is 49.6 Å². The van der Waals surface area contributed by atoms with Gasteiger partial charge in [-0.05, 0) is 25.8 Å². The zero-order valence-electron chi connectivity index (χ0n) is 10.7. The van der Waals surface area contributed by atoms with Crippen LogP contribution < -0.4 is 5.73 Å². The van der Waals surface area contributed by atoms with E-state index in [1.807, 2.05) is 0 Å². The van der Waals surface area contributed by atoms with Crippen molar-refractivity contribution in [2.45, 2.75) is 32.1 Å². The predicted octanol–water partition coefficient (Wildman–Crippen LogP) is 0.670. The molecule has 0 radical (unpaired) electrons. The number of hydrogen-bond donors (Lipinski definition) is 1. The van der Waals surface area contributed by atoms with Crippen molar-refractivity contribution in [3.05, 3.63) is 0 Å². The molecule has 0 bridgehead atoms. The van der Waals surface area contributed by atoms with E-state index in [-0.39, 0.29) is 0 Å². The molecule has 2 rings (SSSR count). The fourth-order valence-corrected chi connectivity index (χ4v) is 3.03. The van der Waals surface area contributed by atoms with Crippen molar-refractivity contribution >= 4 is 5.91 Å². The molecular formula is C13H25N3O. The summed E-state index contributed by atoms with van der Waals surface area (Å²) in [5.74, 6) is 0.744. The number of rotatable bonds is 3. The summed E-state index contributed by atoms with van der Waals surface area (Å²) in [6, 6.07) is 0. The first-order valence-corrected chi connectivity index (χ1v) is 7.02. The molecule has 4 heteroatoms. The largest absolute Gasteiger partial charge is 0.341 e. The quantitative estimate of drug-likeness (QED) is 0.787. The Balaban J connectivity index is 1.83. The number of hydrogen-bond acceptors (Lipinski definition) is 3. The number of carbonyl (C=O) groups is 1. The normalized spacial score (nSPS) is 23.9. The lowest BCUT2D eigenvalue weighted by atomic mass is 10.1. The fraction of sp³-hybridized carbons (Fsp3) is 0.923. The van der Waals surface area contributed by atoms with Gasteiger partial charge in [-0.1, -0.05) is 12.8 Å². The van der Waals surface area contributed by atoms with Crippen LogP contribution in [0, 0.1) is 5.92 Å². The van der Waals surface area contributed by atoms with Crippen molar-refractivity contribution in [1.29, 1.82) is 0 Å². The van der Waals surface area contributed by atoms with Crippen LogP contribution in [-0.4, -0.2) is 55.0 Å². The maximum absolute atomic E-state index is 12.3. The van der Waals surface area contributed by atoms with E-state index in [4.69, 9.17) is 5.73 Å². The Kier molecular flexibility index (Phi) is 4.80. The van der Waals surface area contributed by atoms with Gasteiger partial charge in [0.15, 0.2) is 0 Å². The molecule has 2 fully saturated rings. The van der Waals surface area contributed by atoms with Gasteiger partial charge in [0, 0.05) is 38.6 Å². The monoisotopic (exact) mass is 239 g/mol. The second-order valence-electron chi connectivity index (χ2n) is 5.29. The molecule has 1 aliphatic heterocycles. The summed E-state index contributed by atoms with van der Waals surface area (Å²) in [5.41, 5.74) is 5.58. The molecule has 1 heterocycles. The minimum atomic E-state index is 0.330. The van der Waals surface area contributed by atoms with E-state index >= 15 is 0 Å². The molecule has 0 atom stereocenters. The zero-order valence-corrected chi connectivity index (χ0v) is 10.7. The summed E-state index contributed by atoms with van der Waals surface area (Å²) < 4.78 is 0. The highest BCUT2D eigenvalue weighted by atomic mass is 16.2. The molecule has 2 N–H and O–H groups in total. The van der Waals surface area contributed by atoms with Crippen molar-refractivity contribution in [3.8, 4) is 0 Å². The third-order valence-corrected chi connectivity index (χ3v) is 4.05. The first kappa shape index (κ1) is 12.8. The summed E-state index contributed by atoms with van der Waals surface area (Å²) >= 11 is 0. The van der Waals surface area contributed by atoms with E-state index in [1.165, 1.54) is 12.8 Å². The zero-order chi connectivity index (χ0) is 12.1. The van der Waals surface area contributed by atoms with Gasteiger partial charge in [0.2, 0.25) is 5.91 Å². The minimum Gasteiger partial charge on any atom is -0.341 e. The maximum Gasteiger partial charge on any atom is 0.225 e. The van der Waals surface area contributed by atoms with Gasteiger partial charge in [0.25, 0.3) is 0 Å². The number of amides is 1. The number of nitrogens with two attached hydrogens (primary N) is 1. The maximum atomic E-state index is 12.3. The Hall–Kier alpha value is -0.610. The fourth-order valence-electron chi connectivity index (χ4n) is 3.03. The van der Waals surface area contributed by atoms with Crippen molar-refractivity contribution in [1.82, 2.24) is 9.80 Å². The molecule has 0 aromatic rings. The van der Waals surface area contributed by atoms with Gasteiger partial charge < -0.3 is 15.5 Å². The molecule has 0 spiro atoms. The molecule has 2 aliphatic rings. The number of nitrogens with zero attached hydrogens (tertiary/aromatic N) is 2. The van der Waals surface area contributed by atoms with Gasteiger partial charge in [-0.15, -0.1) is 0 Å². The Morgan fingerprint density at radius 3 is 2.53 bits per heavy atom. The Morgan fingerprint density at radius 2 is 1.82 bits per heavy atom. The highest BCUT2D eigenvalue weighted by Crippen LogP contribution is 2.26. The van der Waals surface area contributed by atoms with Crippen LogP contribution in [0.25, 0.3) is 0 Å². The van der Waals surface area contributed by atoms with Crippen molar-refractivity contribution < 1.29 is 4.79 Å². The van der Waals surface area contributed by atoms with Crippen LogP contribution in [0.4, 0.5) is 0 Å². The standard InChI is InChI=1S/C13H25N3O/c14-6-9-15-7-3-8-16(11-10-15)13(17)12-4-1-2-5-12/h12H,1-11,14H2. The smallest absolute Gasteiger partial charge is 0.225 e. The second kappa shape index (κ2) is 6.36. The van der Waals surface area contributed by atoms with Crippen LogP contribution in [0.2, 0.25) is 0 Å². The average Bonchev–Trinajstić information content (AvgIpc) is 2.76. The molecular weight excluding hydrogens is 214 g/mol. The van der Waals surface area contributed by atoms with Crippen LogP contribution in [0.5, 0.6) is 0 Å². The third-order valence-electron chi connectivity index (χ3n) is 4.05. The second-order valence-corrected chi connectivity index (χ2v) is 5.29. The van der Waals surface area contributed by atoms with Crippen LogP contribution in [0.3, 0.4) is 0 Å². The molecule has 0 unspecified atom stereocenters. The summed E-state index contributed by atoms with van der Waals surface area (Å²) in [6.45, 7) is 5.61. The first-order chi connectivity index (χ1) is 8.31. The molecule has 1 saturated carbocycles. The van der Waals surface area contributed by atoms with E-state index in [1.54, 1.807) is 0 Å². The molecule has 1 aliphatic carbocycles. The van der Waals surface area contributed by atoms with Crippen LogP contribution >= 0.6 is 0 Å². The van der Waals surface area contributed by atoms with Gasteiger partial charge in [0.05, 0.1) is 0 Å². The van der Waals surface area contributed by atoms with Gasteiger partial charge in [-0.2, -0.15) is 0 Å².